The van der Waals surface area contributed by atoms with Gasteiger partial charge in [-0.15, -0.1) is 11.3 Å². The number of aromatic nitrogens is 4. The van der Waals surface area contributed by atoms with Gasteiger partial charge in [-0.3, -0.25) is 18.9 Å². The second kappa shape index (κ2) is 9.73. The van der Waals surface area contributed by atoms with Gasteiger partial charge in [0.25, 0.3) is 5.56 Å². The molecule has 0 amide bonds. The van der Waals surface area contributed by atoms with Crippen LogP contribution in [-0.4, -0.2) is 31.8 Å². The van der Waals surface area contributed by atoms with Gasteiger partial charge in [0.2, 0.25) is 0 Å². The van der Waals surface area contributed by atoms with E-state index in [1.54, 1.807) is 17.0 Å². The Kier molecular flexibility index (Phi) is 6.15. The third-order valence-electron chi connectivity index (χ3n) is 8.20. The molecular formula is C30H27ClN6O2S. The highest BCUT2D eigenvalue weighted by molar-refractivity contribution is 7.19. The Hall–Kier alpha value is -3.71. The van der Waals surface area contributed by atoms with Crippen LogP contribution in [0.25, 0.3) is 32.2 Å². The van der Waals surface area contributed by atoms with Crippen molar-refractivity contribution in [2.75, 3.05) is 13.1 Å². The van der Waals surface area contributed by atoms with E-state index in [2.05, 4.69) is 33.2 Å². The lowest BCUT2D eigenvalue weighted by Crippen LogP contribution is -2.38. The van der Waals surface area contributed by atoms with Gasteiger partial charge in [-0.05, 0) is 69.1 Å². The molecule has 40 heavy (non-hydrogen) atoms. The molecule has 0 atom stereocenters. The number of hydrogen-bond acceptors (Lipinski definition) is 6. The zero-order valence-corrected chi connectivity index (χ0v) is 23.3. The van der Waals surface area contributed by atoms with Crippen LogP contribution in [0.4, 0.5) is 0 Å². The predicted octanol–water partition coefficient (Wildman–Crippen LogP) is 5.17. The van der Waals surface area contributed by atoms with Gasteiger partial charge >= 0.3 is 5.69 Å². The number of nitriles is 1. The van der Waals surface area contributed by atoms with Crippen molar-refractivity contribution in [3.8, 4) is 17.2 Å². The fourth-order valence-electron chi connectivity index (χ4n) is 5.93. The lowest BCUT2D eigenvalue weighted by molar-refractivity contribution is 0.247. The Labute approximate surface area is 239 Å². The largest absolute Gasteiger partial charge is 0.345 e. The van der Waals surface area contributed by atoms with E-state index in [0.717, 1.165) is 75.9 Å². The van der Waals surface area contributed by atoms with Crippen LogP contribution in [0.1, 0.15) is 36.6 Å². The van der Waals surface area contributed by atoms with E-state index >= 15 is 0 Å². The number of fused-ring (bicyclic) bond motifs is 2. The Morgan fingerprint density at radius 1 is 1.10 bits per heavy atom. The topological polar surface area (TPSA) is 97.6 Å². The Bertz CT molecular complexity index is 1930. The lowest BCUT2D eigenvalue weighted by atomic mass is 9.80. The summed E-state index contributed by atoms with van der Waals surface area (Å²) in [6.07, 6.45) is 9.00. The lowest BCUT2D eigenvalue weighted by Gasteiger charge is -2.32. The second-order valence-electron chi connectivity index (χ2n) is 10.9. The molecule has 202 valence electrons. The highest BCUT2D eigenvalue weighted by Crippen LogP contribution is 2.41. The second-order valence-corrected chi connectivity index (χ2v) is 12.5. The minimum Gasteiger partial charge on any atom is -0.345 e. The van der Waals surface area contributed by atoms with E-state index in [9.17, 15) is 14.9 Å². The molecule has 1 saturated carbocycles. The first-order valence-electron chi connectivity index (χ1n) is 13.5. The molecular weight excluding hydrogens is 544 g/mol. The number of hydrogen-bond donors (Lipinski definition) is 1. The monoisotopic (exact) mass is 570 g/mol. The Balaban J connectivity index is 1.33. The van der Waals surface area contributed by atoms with E-state index in [0.29, 0.717) is 11.6 Å². The molecule has 8 nitrogen and oxygen atoms in total. The average Bonchev–Trinajstić information content (AvgIpc) is 3.59. The quantitative estimate of drug-likeness (QED) is 0.304. The Morgan fingerprint density at radius 3 is 2.70 bits per heavy atom. The molecule has 10 heteroatoms. The standard InChI is InChI=1S/C30H27ClN6O2S/c31-20-13-19-4-11-35(18-30(17-32)6-9-33-10-7-30)27(19)24(14-20)23-3-8-34-25-15-22(40-28(23)25)16-37-26(38)5-12-36(29(37)39)21-1-2-21/h3-5,8,11-15,21,33H,1-2,6-7,9-10,16,18H2. The number of rotatable bonds is 6. The van der Waals surface area contributed by atoms with E-state index in [-0.39, 0.29) is 23.8 Å². The predicted molar refractivity (Wildman–Crippen MR) is 158 cm³/mol. The van der Waals surface area contributed by atoms with Crippen molar-refractivity contribution in [1.29, 1.82) is 5.26 Å². The van der Waals surface area contributed by atoms with E-state index in [1.165, 1.54) is 22.0 Å². The first-order valence-corrected chi connectivity index (χ1v) is 14.7. The maximum Gasteiger partial charge on any atom is 0.331 e. The molecule has 5 heterocycles. The minimum atomic E-state index is -0.423. The number of pyridine rings is 1. The Morgan fingerprint density at radius 2 is 1.93 bits per heavy atom. The van der Waals surface area contributed by atoms with Gasteiger partial charge in [-0.1, -0.05) is 11.6 Å². The van der Waals surface area contributed by atoms with Crippen molar-refractivity contribution in [1.82, 2.24) is 24.0 Å². The summed E-state index contributed by atoms with van der Waals surface area (Å²) in [5, 5.41) is 15.2. The summed E-state index contributed by atoms with van der Waals surface area (Å²) < 4.78 is 6.15. The summed E-state index contributed by atoms with van der Waals surface area (Å²) in [4.78, 5) is 31.2. The van der Waals surface area contributed by atoms with E-state index in [4.69, 9.17) is 11.6 Å². The van der Waals surface area contributed by atoms with Crippen molar-refractivity contribution in [3.05, 3.63) is 85.7 Å². The normalized spacial score (nSPS) is 16.9. The van der Waals surface area contributed by atoms with Crippen LogP contribution >= 0.6 is 22.9 Å². The summed E-state index contributed by atoms with van der Waals surface area (Å²) in [6, 6.07) is 14.2. The van der Waals surface area contributed by atoms with E-state index in [1.807, 2.05) is 24.3 Å². The van der Waals surface area contributed by atoms with Crippen molar-refractivity contribution < 1.29 is 0 Å². The van der Waals surface area contributed by atoms with Crippen molar-refractivity contribution in [3.63, 3.8) is 0 Å². The third-order valence-corrected chi connectivity index (χ3v) is 9.56. The molecule has 4 aromatic heterocycles. The highest BCUT2D eigenvalue weighted by atomic mass is 35.5. The summed E-state index contributed by atoms with van der Waals surface area (Å²) in [7, 11) is 0. The van der Waals surface area contributed by atoms with Crippen LogP contribution in [0.3, 0.4) is 0 Å². The van der Waals surface area contributed by atoms with Gasteiger partial charge in [-0.2, -0.15) is 5.26 Å². The molecule has 0 unspecified atom stereocenters. The van der Waals surface area contributed by atoms with Gasteiger partial charge in [0, 0.05) is 63.7 Å². The van der Waals surface area contributed by atoms with Crippen molar-refractivity contribution in [2.45, 2.75) is 44.8 Å². The zero-order chi connectivity index (χ0) is 27.4. The molecule has 2 fully saturated rings. The number of piperidine rings is 1. The maximum atomic E-state index is 13.1. The fraction of sp³-hybridized carbons (Fsp3) is 0.333. The van der Waals surface area contributed by atoms with Crippen LogP contribution in [0.5, 0.6) is 0 Å². The maximum absolute atomic E-state index is 13.1. The zero-order valence-electron chi connectivity index (χ0n) is 21.8. The number of benzene rings is 1. The molecule has 7 rings (SSSR count). The molecule has 1 saturated heterocycles. The SMILES string of the molecule is N#CC1(Cn2ccc3cc(Cl)cc(-c4ccnc5cc(Cn6c(=O)ccn(C7CC7)c6=O)sc45)c32)CCNCC1. The molecule has 1 N–H and O–H groups in total. The third kappa shape index (κ3) is 4.37. The molecule has 2 aliphatic rings. The number of nitrogens with one attached hydrogen (secondary N) is 1. The molecule has 1 aliphatic heterocycles. The molecule has 5 aromatic rings. The van der Waals surface area contributed by atoms with Crippen LogP contribution in [0, 0.1) is 16.7 Å². The van der Waals surface area contributed by atoms with Gasteiger partial charge in [0.1, 0.15) is 0 Å². The first-order chi connectivity index (χ1) is 19.4. The van der Waals surface area contributed by atoms with Gasteiger partial charge < -0.3 is 9.88 Å². The minimum absolute atomic E-state index is 0.196. The molecule has 1 aromatic carbocycles. The fourth-order valence-corrected chi connectivity index (χ4v) is 7.28. The molecule has 0 radical (unpaired) electrons. The smallest absolute Gasteiger partial charge is 0.331 e. The average molecular weight is 571 g/mol. The van der Waals surface area contributed by atoms with Crippen molar-refractivity contribution >= 4 is 44.1 Å². The molecule has 1 aliphatic carbocycles. The van der Waals surface area contributed by atoms with Crippen LogP contribution in [0.2, 0.25) is 5.02 Å². The first kappa shape index (κ1) is 25.3. The van der Waals surface area contributed by atoms with Gasteiger partial charge in [0.15, 0.2) is 0 Å². The highest BCUT2D eigenvalue weighted by Gasteiger charge is 2.33. The summed E-state index contributed by atoms with van der Waals surface area (Å²) in [5.41, 5.74) is 2.82. The summed E-state index contributed by atoms with van der Waals surface area (Å²) in [5.74, 6) is 0. The van der Waals surface area contributed by atoms with Gasteiger partial charge in [-0.25, -0.2) is 4.79 Å². The van der Waals surface area contributed by atoms with Crippen LogP contribution in [0.15, 0.2) is 64.6 Å². The van der Waals surface area contributed by atoms with E-state index < -0.39 is 5.41 Å². The van der Waals surface area contributed by atoms with Gasteiger partial charge in [0.05, 0.1) is 33.8 Å². The number of thiophene rings is 1. The summed E-state index contributed by atoms with van der Waals surface area (Å²) in [6.45, 7) is 2.48. The molecule has 0 spiro atoms. The number of nitrogens with zero attached hydrogens (tertiary/aromatic N) is 5. The van der Waals surface area contributed by atoms with Crippen molar-refractivity contribution in [2.24, 2.45) is 5.41 Å². The summed E-state index contributed by atoms with van der Waals surface area (Å²) >= 11 is 8.16. The molecule has 0 bridgehead atoms. The van der Waals surface area contributed by atoms with Crippen LogP contribution < -0.4 is 16.6 Å². The van der Waals surface area contributed by atoms with Crippen LogP contribution in [-0.2, 0) is 13.1 Å². The number of halogens is 1.